The second-order valence-electron chi connectivity index (χ2n) is 5.75. The minimum absolute atomic E-state index is 0.516. The molecule has 0 bridgehead atoms. The van der Waals surface area contributed by atoms with E-state index in [2.05, 4.69) is 39.5 Å². The Morgan fingerprint density at radius 2 is 1.64 bits per heavy atom. The van der Waals surface area contributed by atoms with Crippen LogP contribution in [-0.4, -0.2) is 24.0 Å². The minimum Gasteiger partial charge on any atom is -0.301 e. The van der Waals surface area contributed by atoms with Gasteiger partial charge in [-0.05, 0) is 43.7 Å². The van der Waals surface area contributed by atoms with Gasteiger partial charge in [0.05, 0.1) is 0 Å². The van der Waals surface area contributed by atoms with E-state index < -0.39 is 0 Å². The van der Waals surface area contributed by atoms with Crippen LogP contribution in [0.4, 0.5) is 0 Å². The molecule has 0 aromatic heterocycles. The zero-order chi connectivity index (χ0) is 10.8. The van der Waals surface area contributed by atoms with Gasteiger partial charge in [-0.15, -0.1) is 0 Å². The van der Waals surface area contributed by atoms with Crippen molar-refractivity contribution in [2.75, 3.05) is 13.1 Å². The van der Waals surface area contributed by atoms with Gasteiger partial charge in [0.2, 0.25) is 0 Å². The molecule has 84 valence electrons. The fourth-order valence-corrected chi connectivity index (χ4v) is 2.82. The van der Waals surface area contributed by atoms with Crippen LogP contribution in [0.2, 0.25) is 0 Å². The molecule has 0 amide bonds. The highest BCUT2D eigenvalue weighted by molar-refractivity contribution is 4.87. The fraction of sp³-hybridized carbons (Fsp3) is 1.00. The smallest absolute Gasteiger partial charge is 0.00979 e. The highest BCUT2D eigenvalue weighted by Gasteiger charge is 2.34. The van der Waals surface area contributed by atoms with Crippen LogP contribution >= 0.6 is 0 Å². The molecule has 1 rings (SSSR count). The average Bonchev–Trinajstić information content (AvgIpc) is 2.54. The van der Waals surface area contributed by atoms with Crippen LogP contribution in [0.15, 0.2) is 0 Å². The van der Waals surface area contributed by atoms with Crippen molar-refractivity contribution in [3.05, 3.63) is 0 Å². The Labute approximate surface area is 89.9 Å². The second kappa shape index (κ2) is 4.65. The van der Waals surface area contributed by atoms with Gasteiger partial charge in [-0.1, -0.05) is 34.6 Å². The van der Waals surface area contributed by atoms with E-state index in [0.29, 0.717) is 5.41 Å². The average molecular weight is 197 g/mol. The first-order chi connectivity index (χ1) is 6.49. The zero-order valence-electron chi connectivity index (χ0n) is 10.6. The number of nitrogens with zero attached hydrogens (tertiary/aromatic N) is 1. The van der Waals surface area contributed by atoms with Gasteiger partial charge in [0.15, 0.2) is 0 Å². The van der Waals surface area contributed by atoms with Gasteiger partial charge in [0.1, 0.15) is 0 Å². The quantitative estimate of drug-likeness (QED) is 0.669. The third kappa shape index (κ3) is 2.73. The fourth-order valence-electron chi connectivity index (χ4n) is 2.82. The van der Waals surface area contributed by atoms with E-state index in [1.165, 1.54) is 32.4 Å². The standard InChI is InChI=1S/C13H27N/c1-6-14(7-2)12-9-8-11(10-12)13(3,4)5/h11-12H,6-10H2,1-5H3. The van der Waals surface area contributed by atoms with Crippen LogP contribution in [0, 0.1) is 11.3 Å². The number of hydrogen-bond acceptors (Lipinski definition) is 1. The second-order valence-corrected chi connectivity index (χ2v) is 5.75. The molecule has 1 aliphatic carbocycles. The minimum atomic E-state index is 0.516. The first kappa shape index (κ1) is 12.0. The van der Waals surface area contributed by atoms with Crippen LogP contribution in [0.25, 0.3) is 0 Å². The third-order valence-corrected chi connectivity index (χ3v) is 3.96. The lowest BCUT2D eigenvalue weighted by Crippen LogP contribution is -2.33. The van der Waals surface area contributed by atoms with E-state index in [-0.39, 0.29) is 0 Å². The molecule has 1 fully saturated rings. The molecule has 2 unspecified atom stereocenters. The van der Waals surface area contributed by atoms with Crippen LogP contribution < -0.4 is 0 Å². The molecule has 0 spiro atoms. The Balaban J connectivity index is 2.48. The van der Waals surface area contributed by atoms with Gasteiger partial charge in [0.25, 0.3) is 0 Å². The molecule has 0 aliphatic heterocycles. The maximum absolute atomic E-state index is 2.63. The lowest BCUT2D eigenvalue weighted by atomic mass is 9.79. The summed E-state index contributed by atoms with van der Waals surface area (Å²) in [7, 11) is 0. The molecular weight excluding hydrogens is 170 g/mol. The lowest BCUT2D eigenvalue weighted by molar-refractivity contribution is 0.189. The van der Waals surface area contributed by atoms with Crippen molar-refractivity contribution in [3.63, 3.8) is 0 Å². The molecule has 0 radical (unpaired) electrons. The Morgan fingerprint density at radius 1 is 1.07 bits per heavy atom. The summed E-state index contributed by atoms with van der Waals surface area (Å²) in [4.78, 5) is 2.63. The molecule has 1 heteroatoms. The van der Waals surface area contributed by atoms with Crippen molar-refractivity contribution in [2.24, 2.45) is 11.3 Å². The molecule has 0 heterocycles. The summed E-state index contributed by atoms with van der Waals surface area (Å²) < 4.78 is 0. The Morgan fingerprint density at radius 3 is 2.00 bits per heavy atom. The molecule has 0 saturated heterocycles. The normalized spacial score (nSPS) is 28.7. The molecule has 1 aliphatic rings. The summed E-state index contributed by atoms with van der Waals surface area (Å²) in [6, 6.07) is 0.870. The molecular formula is C13H27N. The predicted molar refractivity (Wildman–Crippen MR) is 63.5 cm³/mol. The summed E-state index contributed by atoms with van der Waals surface area (Å²) in [5.74, 6) is 0.938. The highest BCUT2D eigenvalue weighted by atomic mass is 15.1. The molecule has 2 atom stereocenters. The molecule has 14 heavy (non-hydrogen) atoms. The number of hydrogen-bond donors (Lipinski definition) is 0. The van der Waals surface area contributed by atoms with Crippen molar-refractivity contribution in [3.8, 4) is 0 Å². The molecule has 1 nitrogen and oxygen atoms in total. The highest BCUT2D eigenvalue weighted by Crippen LogP contribution is 2.40. The van der Waals surface area contributed by atoms with Crippen LogP contribution in [0.3, 0.4) is 0 Å². The summed E-state index contributed by atoms with van der Waals surface area (Å²) in [5, 5.41) is 0. The zero-order valence-corrected chi connectivity index (χ0v) is 10.6. The van der Waals surface area contributed by atoms with E-state index in [1.807, 2.05) is 0 Å². The van der Waals surface area contributed by atoms with Crippen molar-refractivity contribution in [1.82, 2.24) is 4.90 Å². The summed E-state index contributed by atoms with van der Waals surface area (Å²) in [6.07, 6.45) is 4.28. The van der Waals surface area contributed by atoms with Crippen molar-refractivity contribution >= 4 is 0 Å². The Hall–Kier alpha value is -0.0400. The lowest BCUT2D eigenvalue weighted by Gasteiger charge is -2.30. The first-order valence-electron chi connectivity index (χ1n) is 6.23. The first-order valence-corrected chi connectivity index (χ1v) is 6.23. The van der Waals surface area contributed by atoms with E-state index in [1.54, 1.807) is 0 Å². The van der Waals surface area contributed by atoms with Gasteiger partial charge in [0, 0.05) is 6.04 Å². The summed E-state index contributed by atoms with van der Waals surface area (Å²) in [5.41, 5.74) is 0.516. The Kier molecular flexibility index (Phi) is 4.00. The Bertz CT molecular complexity index is 165. The molecule has 0 N–H and O–H groups in total. The van der Waals surface area contributed by atoms with Crippen LogP contribution in [-0.2, 0) is 0 Å². The van der Waals surface area contributed by atoms with Crippen LogP contribution in [0.1, 0.15) is 53.9 Å². The topological polar surface area (TPSA) is 3.24 Å². The predicted octanol–water partition coefficient (Wildman–Crippen LogP) is 3.54. The van der Waals surface area contributed by atoms with E-state index >= 15 is 0 Å². The molecule has 0 aromatic rings. The maximum atomic E-state index is 2.63. The van der Waals surface area contributed by atoms with Crippen LogP contribution in [0.5, 0.6) is 0 Å². The van der Waals surface area contributed by atoms with Gasteiger partial charge < -0.3 is 4.90 Å². The largest absolute Gasteiger partial charge is 0.301 e. The van der Waals surface area contributed by atoms with Gasteiger partial charge >= 0.3 is 0 Å². The molecule has 1 saturated carbocycles. The SMILES string of the molecule is CCN(CC)C1CCC(C(C)(C)C)C1. The number of rotatable bonds is 3. The van der Waals surface area contributed by atoms with Gasteiger partial charge in [-0.2, -0.15) is 0 Å². The van der Waals surface area contributed by atoms with E-state index in [9.17, 15) is 0 Å². The van der Waals surface area contributed by atoms with Crippen molar-refractivity contribution < 1.29 is 0 Å². The van der Waals surface area contributed by atoms with Crippen molar-refractivity contribution in [1.29, 1.82) is 0 Å². The summed E-state index contributed by atoms with van der Waals surface area (Å²) >= 11 is 0. The maximum Gasteiger partial charge on any atom is 0.00979 e. The third-order valence-electron chi connectivity index (χ3n) is 3.96. The van der Waals surface area contributed by atoms with E-state index in [4.69, 9.17) is 0 Å². The molecule has 0 aromatic carbocycles. The van der Waals surface area contributed by atoms with Crippen molar-refractivity contribution in [2.45, 2.75) is 59.9 Å². The monoisotopic (exact) mass is 197 g/mol. The van der Waals surface area contributed by atoms with E-state index in [0.717, 1.165) is 12.0 Å². The van der Waals surface area contributed by atoms with Gasteiger partial charge in [-0.25, -0.2) is 0 Å². The summed E-state index contributed by atoms with van der Waals surface area (Å²) in [6.45, 7) is 14.2. The van der Waals surface area contributed by atoms with Gasteiger partial charge in [-0.3, -0.25) is 0 Å².